The predicted octanol–water partition coefficient (Wildman–Crippen LogP) is 8.75. The first-order valence-electron chi connectivity index (χ1n) is 24.7. The molecule has 0 radical (unpaired) electrons. The van der Waals surface area contributed by atoms with Crippen molar-refractivity contribution in [3.8, 4) is 11.6 Å². The maximum Gasteiger partial charge on any atom is 0.311 e. The molecule has 3 N–H and O–H groups in total. The van der Waals surface area contributed by atoms with Crippen molar-refractivity contribution in [1.29, 1.82) is 0 Å². The van der Waals surface area contributed by atoms with E-state index in [1.807, 2.05) is 69.3 Å². The third-order valence-corrected chi connectivity index (χ3v) is 11.7. The van der Waals surface area contributed by atoms with Gasteiger partial charge in [0.1, 0.15) is 18.5 Å². The van der Waals surface area contributed by atoms with Gasteiger partial charge in [0.15, 0.2) is 12.2 Å². The highest BCUT2D eigenvalue weighted by molar-refractivity contribution is 5.79. The van der Waals surface area contributed by atoms with Crippen molar-refractivity contribution < 1.29 is 67.0 Å². The van der Waals surface area contributed by atoms with Crippen molar-refractivity contribution in [2.75, 3.05) is 13.2 Å². The van der Waals surface area contributed by atoms with Crippen molar-refractivity contribution in [2.45, 2.75) is 185 Å². The molecule has 0 aliphatic carbocycles. The van der Waals surface area contributed by atoms with E-state index in [1.165, 1.54) is 0 Å². The molecule has 0 bridgehead atoms. The van der Waals surface area contributed by atoms with E-state index in [0.717, 1.165) is 22.4 Å². The number of hydrogen-bond acceptors (Lipinski definition) is 14. The molecule has 398 valence electrons. The Morgan fingerprint density at radius 3 is 1.83 bits per heavy atom. The number of ether oxygens (including phenoxy) is 7. The number of esters is 4. The number of hydrogen-bond donors (Lipinski definition) is 3. The second-order valence-corrected chi connectivity index (χ2v) is 23.5. The van der Waals surface area contributed by atoms with E-state index in [4.69, 9.17) is 33.2 Å². The molecule has 4 rings (SSSR count). The lowest BCUT2D eigenvalue weighted by Crippen LogP contribution is -2.65. The third-order valence-electron chi connectivity index (χ3n) is 11.7. The Balaban J connectivity index is 1.65. The van der Waals surface area contributed by atoms with Gasteiger partial charge in [0, 0.05) is 24.1 Å². The lowest BCUT2D eigenvalue weighted by atomic mass is 9.89. The molecule has 1 saturated heterocycles. The zero-order valence-corrected chi connectivity index (χ0v) is 45.2. The monoisotopic (exact) mass is 1010 g/mol. The quantitative estimate of drug-likeness (QED) is 0.0546. The van der Waals surface area contributed by atoms with Gasteiger partial charge in [-0.3, -0.25) is 33.9 Å². The molecule has 2 heterocycles. The molecule has 0 saturated carbocycles. The lowest BCUT2D eigenvalue weighted by molar-refractivity contribution is -0.294. The van der Waals surface area contributed by atoms with Crippen LogP contribution in [-0.2, 0) is 65.3 Å². The minimum absolute atomic E-state index is 0.0710. The summed E-state index contributed by atoms with van der Waals surface area (Å²) in [5, 5.41) is 20.2. The van der Waals surface area contributed by atoms with Crippen LogP contribution in [0.5, 0.6) is 11.6 Å². The van der Waals surface area contributed by atoms with Crippen molar-refractivity contribution in [3.05, 3.63) is 76.5 Å². The highest BCUT2D eigenvalue weighted by atomic mass is 16.7. The Labute approximate surface area is 425 Å². The fraction of sp³-hybridized carbons (Fsp3) is 0.618. The van der Waals surface area contributed by atoms with Crippen LogP contribution in [0.3, 0.4) is 0 Å². The first-order valence-corrected chi connectivity index (χ1v) is 24.7. The highest BCUT2D eigenvalue weighted by Gasteiger charge is 2.56. The summed E-state index contributed by atoms with van der Waals surface area (Å²) < 4.78 is 43.6. The Bertz CT molecular complexity index is 2370. The fourth-order valence-electron chi connectivity index (χ4n) is 7.50. The number of aromatic nitrogens is 2. The summed E-state index contributed by atoms with van der Waals surface area (Å²) in [5.74, 6) is -3.31. The Morgan fingerprint density at radius 2 is 1.31 bits per heavy atom. The van der Waals surface area contributed by atoms with Gasteiger partial charge in [-0.15, -0.1) is 5.10 Å². The average molecular weight is 1010 g/mol. The first kappa shape index (κ1) is 58.6. The van der Waals surface area contributed by atoms with E-state index in [-0.39, 0.29) is 37.2 Å². The molecule has 1 aliphatic heterocycles. The standard InChI is InChI=1S/C55H79N3O14/c1-32(2)41-37(28-35-24-25-36(27-33(35)3)66-26-20-23-39(59)56-55(16,30-40(60)61)29-34-21-18-17-19-22-34)45(58-57-41)72-46-44(71-50(65)54(13,14)15)43(70-49(64)53(10,11)12)42(69-48(63)52(7,8)9)38(68-46)31-67-47(62)51(4,5)6/h17-19,21-22,24-25,27,32,38,42-44,46H,20,23,26,28-31H2,1-16H3,(H,56,59)(H,57,58)(H,60,61)/t38-,42-,43+,44-,46+,55?/m1/s1. The molecule has 17 nitrogen and oxygen atoms in total. The SMILES string of the molecule is Cc1cc(OCCCC(=O)NC(C)(CC(=O)O)Cc2ccccc2)ccc1Cc1c(O[C@@H]2O[C@H](COC(=O)C(C)(C)C)[C@@H](OC(=O)C(C)(C)C)[C@H](OC(=O)C(C)(C)C)[C@H]2OC(=O)C(C)(C)C)n[nH]c1C(C)C. The van der Waals surface area contributed by atoms with Gasteiger partial charge in [-0.05, 0) is 145 Å². The number of H-pyrrole nitrogens is 1. The van der Waals surface area contributed by atoms with Crippen LogP contribution in [0.15, 0.2) is 48.5 Å². The fourth-order valence-corrected chi connectivity index (χ4v) is 7.50. The molecular weight excluding hydrogens is 927 g/mol. The number of rotatable bonds is 20. The zero-order chi connectivity index (χ0) is 54.1. The van der Waals surface area contributed by atoms with Crippen LogP contribution >= 0.6 is 0 Å². The third kappa shape index (κ3) is 16.8. The van der Waals surface area contributed by atoms with Crippen LogP contribution < -0.4 is 14.8 Å². The number of carboxylic acids is 1. The molecule has 0 spiro atoms. The van der Waals surface area contributed by atoms with Crippen LogP contribution in [0.1, 0.15) is 157 Å². The van der Waals surface area contributed by atoms with Gasteiger partial charge in [0.25, 0.3) is 0 Å². The van der Waals surface area contributed by atoms with Gasteiger partial charge in [-0.2, -0.15) is 0 Å². The van der Waals surface area contributed by atoms with Crippen LogP contribution in [0, 0.1) is 28.6 Å². The van der Waals surface area contributed by atoms with Gasteiger partial charge in [-0.1, -0.05) is 50.2 Å². The molecule has 6 atom stereocenters. The summed E-state index contributed by atoms with van der Waals surface area (Å²) in [4.78, 5) is 79.3. The van der Waals surface area contributed by atoms with Gasteiger partial charge >= 0.3 is 29.8 Å². The lowest BCUT2D eigenvalue weighted by Gasteiger charge is -2.45. The molecule has 1 unspecified atom stereocenters. The average Bonchev–Trinajstić information content (AvgIpc) is 3.64. The smallest absolute Gasteiger partial charge is 0.311 e. The Kier molecular flexibility index (Phi) is 19.3. The first-order chi connectivity index (χ1) is 33.2. The number of aliphatic carboxylic acids is 1. The van der Waals surface area contributed by atoms with Crippen molar-refractivity contribution in [3.63, 3.8) is 0 Å². The molecule has 3 aromatic rings. The number of aryl methyl sites for hydroxylation is 1. The number of carbonyl (C=O) groups is 6. The summed E-state index contributed by atoms with van der Waals surface area (Å²) in [7, 11) is 0. The van der Waals surface area contributed by atoms with Gasteiger partial charge < -0.3 is 43.6 Å². The summed E-state index contributed by atoms with van der Waals surface area (Å²) in [6, 6.07) is 15.1. The van der Waals surface area contributed by atoms with Crippen molar-refractivity contribution >= 4 is 35.8 Å². The van der Waals surface area contributed by atoms with E-state index >= 15 is 0 Å². The molecule has 1 aromatic heterocycles. The molecule has 17 heteroatoms. The number of carbonyl (C=O) groups excluding carboxylic acids is 5. The number of amides is 1. The van der Waals surface area contributed by atoms with Crippen molar-refractivity contribution in [2.24, 2.45) is 21.7 Å². The molecular formula is C55H79N3O14. The zero-order valence-electron chi connectivity index (χ0n) is 45.2. The second kappa shape index (κ2) is 23.7. The van der Waals surface area contributed by atoms with Crippen LogP contribution in [0.4, 0.5) is 0 Å². The Morgan fingerprint density at radius 1 is 0.750 bits per heavy atom. The van der Waals surface area contributed by atoms with E-state index in [2.05, 4.69) is 15.5 Å². The topological polar surface area (TPSA) is 228 Å². The van der Waals surface area contributed by atoms with Crippen LogP contribution in [-0.4, -0.2) is 101 Å². The van der Waals surface area contributed by atoms with Gasteiger partial charge in [-0.25, -0.2) is 0 Å². The van der Waals surface area contributed by atoms with E-state index in [9.17, 15) is 33.9 Å². The minimum atomic E-state index is -1.55. The molecule has 1 amide bonds. The summed E-state index contributed by atoms with van der Waals surface area (Å²) >= 11 is 0. The second-order valence-electron chi connectivity index (χ2n) is 23.5. The van der Waals surface area contributed by atoms with Gasteiger partial charge in [0.2, 0.25) is 24.2 Å². The molecule has 1 aliphatic rings. The maximum atomic E-state index is 13.9. The maximum absolute atomic E-state index is 13.9. The number of benzene rings is 2. The Hall–Kier alpha value is -5.97. The normalized spacial score (nSPS) is 19.4. The largest absolute Gasteiger partial charge is 0.494 e. The highest BCUT2D eigenvalue weighted by Crippen LogP contribution is 2.37. The number of aromatic amines is 1. The number of carboxylic acid groups (broad SMARTS) is 1. The molecule has 72 heavy (non-hydrogen) atoms. The van der Waals surface area contributed by atoms with E-state index < -0.39 is 94.4 Å². The van der Waals surface area contributed by atoms with E-state index in [0.29, 0.717) is 30.6 Å². The predicted molar refractivity (Wildman–Crippen MR) is 268 cm³/mol. The molecule has 1 fully saturated rings. The van der Waals surface area contributed by atoms with Crippen LogP contribution in [0.2, 0.25) is 0 Å². The molecule has 2 aromatic carbocycles. The number of nitrogens with one attached hydrogen (secondary N) is 2. The summed E-state index contributed by atoms with van der Waals surface area (Å²) in [6.07, 6.45) is -6.36. The van der Waals surface area contributed by atoms with Crippen LogP contribution in [0.25, 0.3) is 0 Å². The number of nitrogens with zero attached hydrogens (tertiary/aromatic N) is 1. The summed E-state index contributed by atoms with van der Waals surface area (Å²) in [6.45, 7) is 27.4. The van der Waals surface area contributed by atoms with E-state index in [1.54, 1.807) is 90.0 Å². The van der Waals surface area contributed by atoms with Gasteiger partial charge in [0.05, 0.1) is 40.2 Å². The summed E-state index contributed by atoms with van der Waals surface area (Å²) in [5.41, 5.74) is -0.963. The van der Waals surface area contributed by atoms with Crippen molar-refractivity contribution in [1.82, 2.24) is 15.5 Å². The minimum Gasteiger partial charge on any atom is -0.494 e.